The van der Waals surface area contributed by atoms with E-state index in [1.165, 1.54) is 12.1 Å². The first kappa shape index (κ1) is 21.2. The fraction of sp³-hybridized carbons (Fsp3) is 0.154. The van der Waals surface area contributed by atoms with Crippen LogP contribution >= 0.6 is 12.2 Å². The van der Waals surface area contributed by atoms with Gasteiger partial charge in [0.15, 0.2) is 5.11 Å². The minimum absolute atomic E-state index is 0.177. The van der Waals surface area contributed by atoms with Crippen molar-refractivity contribution in [2.45, 2.75) is 18.6 Å². The molecule has 0 spiro atoms. The van der Waals surface area contributed by atoms with E-state index in [1.54, 1.807) is 25.4 Å². The summed E-state index contributed by atoms with van der Waals surface area (Å²) >= 11 is 5.74. The van der Waals surface area contributed by atoms with Gasteiger partial charge in [-0.25, -0.2) is 4.39 Å². The highest BCUT2D eigenvalue weighted by molar-refractivity contribution is 7.80. The van der Waals surface area contributed by atoms with Crippen LogP contribution in [0.1, 0.15) is 29.1 Å². The third kappa shape index (κ3) is 4.32. The lowest BCUT2D eigenvalue weighted by atomic mass is 10.0. The van der Waals surface area contributed by atoms with Gasteiger partial charge in [0.1, 0.15) is 29.1 Å². The van der Waals surface area contributed by atoms with Crippen molar-refractivity contribution in [2.75, 3.05) is 7.11 Å². The van der Waals surface area contributed by atoms with E-state index in [-0.39, 0.29) is 17.9 Å². The van der Waals surface area contributed by atoms with E-state index in [0.29, 0.717) is 17.4 Å². The average molecular weight is 460 g/mol. The van der Waals surface area contributed by atoms with Crippen molar-refractivity contribution < 1.29 is 13.5 Å². The molecule has 7 heteroatoms. The first-order valence-corrected chi connectivity index (χ1v) is 11.0. The Kier molecular flexibility index (Phi) is 5.79. The lowest BCUT2D eigenvalue weighted by Gasteiger charge is -2.26. The minimum Gasteiger partial charge on any atom is -0.497 e. The zero-order valence-electron chi connectivity index (χ0n) is 17.9. The maximum atomic E-state index is 13.4. The second-order valence-corrected chi connectivity index (χ2v) is 8.20. The molecule has 2 aromatic heterocycles. The molecule has 1 N–H and O–H groups in total. The smallest absolute Gasteiger partial charge is 0.170 e. The molecule has 0 radical (unpaired) electrons. The van der Waals surface area contributed by atoms with E-state index in [2.05, 4.69) is 15.2 Å². The standard InChI is InChI=1S/C26H22FN3O2S/c1-31-20-11-5-17(6-12-20)16-30-25(24(29-26(30)33)21-4-2-3-15-28-21)23-14-13-22(32-23)18-7-9-19(27)10-8-18/h2-15,24-25H,16H2,1H3,(H,29,33). The minimum atomic E-state index is -0.281. The quantitative estimate of drug-likeness (QED) is 0.376. The van der Waals surface area contributed by atoms with Crippen molar-refractivity contribution >= 4 is 17.3 Å². The molecular weight excluding hydrogens is 437 g/mol. The molecule has 166 valence electrons. The van der Waals surface area contributed by atoms with Gasteiger partial charge < -0.3 is 19.4 Å². The summed E-state index contributed by atoms with van der Waals surface area (Å²) in [6.07, 6.45) is 1.77. The zero-order chi connectivity index (χ0) is 22.8. The Morgan fingerprint density at radius 1 is 1.03 bits per heavy atom. The van der Waals surface area contributed by atoms with Crippen LogP contribution < -0.4 is 10.1 Å². The molecule has 3 heterocycles. The number of aromatic nitrogens is 1. The molecule has 5 nitrogen and oxygen atoms in total. The van der Waals surface area contributed by atoms with Crippen LogP contribution in [-0.2, 0) is 6.54 Å². The van der Waals surface area contributed by atoms with Crippen molar-refractivity contribution in [2.24, 2.45) is 0 Å². The van der Waals surface area contributed by atoms with Gasteiger partial charge in [-0.05, 0) is 78.4 Å². The van der Waals surface area contributed by atoms with E-state index in [9.17, 15) is 4.39 Å². The third-order valence-corrected chi connectivity index (χ3v) is 6.11. The van der Waals surface area contributed by atoms with E-state index < -0.39 is 0 Å². The predicted molar refractivity (Wildman–Crippen MR) is 128 cm³/mol. The summed E-state index contributed by atoms with van der Waals surface area (Å²) in [4.78, 5) is 6.68. The molecule has 2 aromatic carbocycles. The first-order chi connectivity index (χ1) is 16.1. The number of hydrogen-bond donors (Lipinski definition) is 1. The number of halogens is 1. The molecule has 1 saturated heterocycles. The number of furan rings is 1. The summed E-state index contributed by atoms with van der Waals surface area (Å²) in [6.45, 7) is 0.594. The number of benzene rings is 2. The van der Waals surface area contributed by atoms with E-state index >= 15 is 0 Å². The normalized spacial score (nSPS) is 17.8. The lowest BCUT2D eigenvalue weighted by Crippen LogP contribution is -2.29. The van der Waals surface area contributed by atoms with Crippen LogP contribution in [-0.4, -0.2) is 22.1 Å². The molecule has 33 heavy (non-hydrogen) atoms. The summed E-state index contributed by atoms with van der Waals surface area (Å²) in [5.41, 5.74) is 2.78. The van der Waals surface area contributed by atoms with Gasteiger partial charge in [-0.2, -0.15) is 0 Å². The van der Waals surface area contributed by atoms with Crippen molar-refractivity contribution in [1.82, 2.24) is 15.2 Å². The van der Waals surface area contributed by atoms with Gasteiger partial charge in [0, 0.05) is 18.3 Å². The molecule has 4 aromatic rings. The lowest BCUT2D eigenvalue weighted by molar-refractivity contribution is 0.269. The van der Waals surface area contributed by atoms with Crippen LogP contribution in [0.5, 0.6) is 5.75 Å². The van der Waals surface area contributed by atoms with Crippen LogP contribution in [0.3, 0.4) is 0 Å². The molecular formula is C26H22FN3O2S. The summed E-state index contributed by atoms with van der Waals surface area (Å²) in [5.74, 6) is 1.95. The fourth-order valence-corrected chi connectivity index (χ4v) is 4.40. The number of thiocarbonyl (C=S) groups is 1. The van der Waals surface area contributed by atoms with E-state index in [4.69, 9.17) is 21.4 Å². The molecule has 2 unspecified atom stereocenters. The summed E-state index contributed by atoms with van der Waals surface area (Å²) in [7, 11) is 1.65. The maximum absolute atomic E-state index is 13.4. The van der Waals surface area contributed by atoms with Gasteiger partial charge >= 0.3 is 0 Å². The highest BCUT2D eigenvalue weighted by Gasteiger charge is 2.41. The second-order valence-electron chi connectivity index (χ2n) is 7.81. The number of methoxy groups -OCH3 is 1. The molecule has 0 saturated carbocycles. The van der Waals surface area contributed by atoms with E-state index in [0.717, 1.165) is 28.3 Å². The maximum Gasteiger partial charge on any atom is 0.170 e. The molecule has 0 amide bonds. The monoisotopic (exact) mass is 459 g/mol. The number of pyridine rings is 1. The Bertz CT molecular complexity index is 1240. The summed E-state index contributed by atoms with van der Waals surface area (Å²) in [5, 5.41) is 4.06. The number of rotatable bonds is 6. The van der Waals surface area contributed by atoms with Crippen molar-refractivity contribution in [3.63, 3.8) is 0 Å². The number of ether oxygens (including phenoxy) is 1. The second kappa shape index (κ2) is 9.03. The zero-order valence-corrected chi connectivity index (χ0v) is 18.8. The first-order valence-electron chi connectivity index (χ1n) is 10.6. The van der Waals surface area contributed by atoms with Crippen molar-refractivity contribution in [1.29, 1.82) is 0 Å². The average Bonchev–Trinajstić information content (AvgIpc) is 3.45. The Morgan fingerprint density at radius 3 is 2.52 bits per heavy atom. The number of nitrogens with one attached hydrogen (secondary N) is 1. The van der Waals surface area contributed by atoms with Gasteiger partial charge in [0.05, 0.1) is 18.8 Å². The topological polar surface area (TPSA) is 50.5 Å². The molecule has 0 aliphatic carbocycles. The van der Waals surface area contributed by atoms with Gasteiger partial charge in [0.2, 0.25) is 0 Å². The Balaban J connectivity index is 1.51. The summed E-state index contributed by atoms with van der Waals surface area (Å²) < 4.78 is 24.9. The van der Waals surface area contributed by atoms with Gasteiger partial charge in [0.25, 0.3) is 0 Å². The summed E-state index contributed by atoms with van der Waals surface area (Å²) in [6, 6.07) is 23.5. The van der Waals surface area contributed by atoms with Crippen LogP contribution in [0.4, 0.5) is 4.39 Å². The van der Waals surface area contributed by atoms with Gasteiger partial charge in [-0.1, -0.05) is 18.2 Å². The molecule has 0 bridgehead atoms. The van der Waals surface area contributed by atoms with Crippen LogP contribution in [0.25, 0.3) is 11.3 Å². The highest BCUT2D eigenvalue weighted by atomic mass is 32.1. The fourth-order valence-electron chi connectivity index (χ4n) is 4.09. The molecule has 2 atom stereocenters. The Hall–Kier alpha value is -3.71. The Labute approximate surface area is 196 Å². The molecule has 1 aliphatic rings. The van der Waals surface area contributed by atoms with Gasteiger partial charge in [-0.15, -0.1) is 0 Å². The van der Waals surface area contributed by atoms with E-state index in [1.807, 2.05) is 54.6 Å². The van der Waals surface area contributed by atoms with Crippen LogP contribution in [0.15, 0.2) is 89.5 Å². The van der Waals surface area contributed by atoms with Crippen molar-refractivity contribution in [3.8, 4) is 17.1 Å². The van der Waals surface area contributed by atoms with Crippen LogP contribution in [0.2, 0.25) is 0 Å². The molecule has 1 fully saturated rings. The molecule has 5 rings (SSSR count). The number of nitrogens with zero attached hydrogens (tertiary/aromatic N) is 2. The largest absolute Gasteiger partial charge is 0.497 e. The predicted octanol–water partition coefficient (Wildman–Crippen LogP) is 5.66. The number of hydrogen-bond acceptors (Lipinski definition) is 4. The van der Waals surface area contributed by atoms with Gasteiger partial charge in [-0.3, -0.25) is 4.98 Å². The van der Waals surface area contributed by atoms with Crippen molar-refractivity contribution in [3.05, 3.63) is 108 Å². The molecule has 1 aliphatic heterocycles. The SMILES string of the molecule is COc1ccc(CN2C(=S)NC(c3ccccn3)C2c2ccc(-c3ccc(F)cc3)o2)cc1. The third-order valence-electron chi connectivity index (χ3n) is 5.76. The Morgan fingerprint density at radius 2 is 1.82 bits per heavy atom. The van der Waals surface area contributed by atoms with Crippen LogP contribution in [0, 0.1) is 5.82 Å². The highest BCUT2D eigenvalue weighted by Crippen LogP contribution is 2.41.